The van der Waals surface area contributed by atoms with Gasteiger partial charge < -0.3 is 21.1 Å². The number of aromatic nitrogens is 3. The van der Waals surface area contributed by atoms with Gasteiger partial charge in [-0.15, -0.1) is 37.2 Å². The van der Waals surface area contributed by atoms with E-state index in [1.165, 1.54) is 0 Å². The number of hydrogen-bond donors (Lipinski definition) is 3. The molecular weight excluding hydrogens is 618 g/mol. The summed E-state index contributed by atoms with van der Waals surface area (Å²) in [6.07, 6.45) is 5.70. The van der Waals surface area contributed by atoms with E-state index >= 15 is 0 Å². The van der Waals surface area contributed by atoms with Crippen LogP contribution in [-0.4, -0.2) is 45.0 Å². The van der Waals surface area contributed by atoms with E-state index in [2.05, 4.69) is 20.2 Å². The second-order valence-corrected chi connectivity index (χ2v) is 9.87. The molecule has 1 fully saturated rings. The average molecular weight is 647 g/mol. The Morgan fingerprint density at radius 3 is 2.45 bits per heavy atom. The molecule has 40 heavy (non-hydrogen) atoms. The van der Waals surface area contributed by atoms with Gasteiger partial charge in [-0.3, -0.25) is 9.78 Å². The smallest absolute Gasteiger partial charge is 0.166 e. The Kier molecular flexibility index (Phi) is 12.1. The molecule has 13 heteroatoms. The molecule has 3 aromatic heterocycles. The number of hydrogen-bond acceptors (Lipinski definition) is 8. The van der Waals surface area contributed by atoms with Gasteiger partial charge in [0.25, 0.3) is 0 Å². The lowest BCUT2D eigenvalue weighted by Gasteiger charge is -2.31. The lowest BCUT2D eigenvalue weighted by atomic mass is 10.1. The van der Waals surface area contributed by atoms with Crippen molar-refractivity contribution in [1.82, 2.24) is 15.0 Å². The van der Waals surface area contributed by atoms with Crippen LogP contribution in [0, 0.1) is 0 Å². The number of anilines is 3. The van der Waals surface area contributed by atoms with E-state index in [0.717, 1.165) is 31.7 Å². The predicted octanol–water partition coefficient (Wildman–Crippen LogP) is 7.23. The zero-order valence-electron chi connectivity index (χ0n) is 21.4. The Labute approximate surface area is 260 Å². The van der Waals surface area contributed by atoms with Gasteiger partial charge >= 0.3 is 0 Å². The lowest BCUT2D eigenvalue weighted by Crippen LogP contribution is -2.43. The number of benzene rings is 1. The first-order valence-electron chi connectivity index (χ1n) is 12.1. The summed E-state index contributed by atoms with van der Waals surface area (Å²) in [5, 5.41) is 13.5. The number of fused-ring (bicyclic) bond motifs is 1. The molecule has 5 rings (SSSR count). The highest BCUT2D eigenvalue weighted by Crippen LogP contribution is 2.37. The van der Waals surface area contributed by atoms with Gasteiger partial charge in [0.05, 0.1) is 44.4 Å². The number of aromatic hydroxyl groups is 1. The Hall–Kier alpha value is -2.59. The van der Waals surface area contributed by atoms with Crippen LogP contribution in [-0.2, 0) is 0 Å². The molecule has 0 amide bonds. The van der Waals surface area contributed by atoms with E-state index in [0.29, 0.717) is 45.6 Å². The number of carbonyl (C=O) groups is 1. The van der Waals surface area contributed by atoms with Crippen LogP contribution >= 0.6 is 60.4 Å². The summed E-state index contributed by atoms with van der Waals surface area (Å²) in [7, 11) is 0. The molecule has 0 bridgehead atoms. The first kappa shape index (κ1) is 33.6. The number of nitrogens with two attached hydrogens (primary N) is 1. The maximum absolute atomic E-state index is 12.8. The second-order valence-electron chi connectivity index (χ2n) is 9.05. The maximum Gasteiger partial charge on any atom is 0.166 e. The van der Waals surface area contributed by atoms with Crippen molar-refractivity contribution in [3.05, 3.63) is 64.4 Å². The standard InChI is InChI=1S/C27H26Cl2N6O2.3ClH/c1-2-23(36)18-13-31-22-7-6-21(15-10-19(28)27(37)20(29)11-15)34-26(22)25(18)33-17-5-8-24(32-12-17)35-9-3-4-16(30)14-35;;;/h5-8,10-13,16,37H,2-4,9,14,30H2,1H3,(H,31,33);3*1H/t16-;;;/m1.../s1. The number of phenolic OH excluding ortho intramolecular Hbond substituents is 1. The predicted molar refractivity (Wildman–Crippen MR) is 170 cm³/mol. The van der Waals surface area contributed by atoms with Crippen LogP contribution in [0.5, 0.6) is 5.75 Å². The quantitative estimate of drug-likeness (QED) is 0.188. The number of rotatable bonds is 6. The van der Waals surface area contributed by atoms with Gasteiger partial charge in [-0.25, -0.2) is 9.97 Å². The third-order valence-electron chi connectivity index (χ3n) is 6.45. The van der Waals surface area contributed by atoms with E-state index in [-0.39, 0.29) is 64.8 Å². The third kappa shape index (κ3) is 7.00. The number of carbonyl (C=O) groups excluding carboxylic acids is 1. The summed E-state index contributed by atoms with van der Waals surface area (Å²) >= 11 is 12.3. The van der Waals surface area contributed by atoms with E-state index < -0.39 is 0 Å². The SMILES string of the molecule is CCC(=O)c1cnc2ccc(-c3cc(Cl)c(O)c(Cl)c3)nc2c1Nc1ccc(N2CCC[C@@H](N)C2)nc1.Cl.Cl.Cl. The van der Waals surface area contributed by atoms with Crippen molar-refractivity contribution in [2.45, 2.75) is 32.2 Å². The van der Waals surface area contributed by atoms with Crippen LogP contribution in [0.4, 0.5) is 17.2 Å². The molecule has 0 spiro atoms. The van der Waals surface area contributed by atoms with Crippen molar-refractivity contribution in [3.63, 3.8) is 0 Å². The molecule has 0 aliphatic carbocycles. The van der Waals surface area contributed by atoms with Crippen LogP contribution in [0.25, 0.3) is 22.3 Å². The molecule has 4 heterocycles. The summed E-state index contributed by atoms with van der Waals surface area (Å²) < 4.78 is 0. The van der Waals surface area contributed by atoms with Crippen molar-refractivity contribution < 1.29 is 9.90 Å². The molecule has 4 aromatic rings. The zero-order valence-corrected chi connectivity index (χ0v) is 25.4. The fourth-order valence-electron chi connectivity index (χ4n) is 4.48. The number of pyridine rings is 3. The van der Waals surface area contributed by atoms with Gasteiger partial charge in [0.2, 0.25) is 0 Å². The Bertz CT molecular complexity index is 1470. The fraction of sp³-hybridized carbons (Fsp3) is 0.259. The number of piperidine rings is 1. The van der Waals surface area contributed by atoms with Crippen molar-refractivity contribution >= 4 is 94.4 Å². The minimum atomic E-state index is -0.185. The molecule has 1 aliphatic heterocycles. The van der Waals surface area contributed by atoms with E-state index in [1.807, 2.05) is 18.2 Å². The number of nitrogens with zero attached hydrogens (tertiary/aromatic N) is 4. The van der Waals surface area contributed by atoms with Gasteiger partial charge in [-0.05, 0) is 49.2 Å². The summed E-state index contributed by atoms with van der Waals surface area (Å²) in [5.41, 5.74) is 10.1. The van der Waals surface area contributed by atoms with E-state index in [4.69, 9.17) is 33.9 Å². The van der Waals surface area contributed by atoms with E-state index in [9.17, 15) is 9.90 Å². The summed E-state index contributed by atoms with van der Waals surface area (Å²) in [5.74, 6) is 0.619. The minimum Gasteiger partial charge on any atom is -0.505 e. The summed E-state index contributed by atoms with van der Waals surface area (Å²) in [6, 6.07) is 10.8. The average Bonchev–Trinajstić information content (AvgIpc) is 2.91. The van der Waals surface area contributed by atoms with Gasteiger partial charge in [-0.1, -0.05) is 30.1 Å². The normalized spacial score (nSPS) is 14.5. The first-order chi connectivity index (χ1) is 17.8. The summed E-state index contributed by atoms with van der Waals surface area (Å²) in [6.45, 7) is 3.51. The molecule has 4 N–H and O–H groups in total. The molecule has 0 radical (unpaired) electrons. The highest BCUT2D eigenvalue weighted by molar-refractivity contribution is 6.37. The van der Waals surface area contributed by atoms with Gasteiger partial charge in [0.1, 0.15) is 11.3 Å². The largest absolute Gasteiger partial charge is 0.505 e. The molecule has 0 saturated carbocycles. The highest BCUT2D eigenvalue weighted by Gasteiger charge is 2.20. The van der Waals surface area contributed by atoms with Crippen LogP contribution in [0.2, 0.25) is 10.0 Å². The summed E-state index contributed by atoms with van der Waals surface area (Å²) in [4.78, 5) is 28.9. The molecule has 1 saturated heterocycles. The van der Waals surface area contributed by atoms with Crippen molar-refractivity contribution in [2.24, 2.45) is 5.73 Å². The van der Waals surface area contributed by atoms with Gasteiger partial charge in [0.15, 0.2) is 11.5 Å². The number of Topliss-reactive ketones (excluding diaryl/α,β-unsaturated/α-hetero) is 1. The lowest BCUT2D eigenvalue weighted by molar-refractivity contribution is 0.0988. The van der Waals surface area contributed by atoms with E-state index in [1.54, 1.807) is 37.5 Å². The van der Waals surface area contributed by atoms with Crippen molar-refractivity contribution in [3.8, 4) is 17.0 Å². The Morgan fingerprint density at radius 1 is 1.10 bits per heavy atom. The second kappa shape index (κ2) is 14.3. The van der Waals surface area contributed by atoms with Crippen molar-refractivity contribution in [1.29, 1.82) is 0 Å². The molecule has 1 atom stereocenters. The molecule has 214 valence electrons. The molecule has 0 unspecified atom stereocenters. The fourth-order valence-corrected chi connectivity index (χ4v) is 4.97. The monoisotopic (exact) mass is 644 g/mol. The number of phenols is 1. The molecule has 1 aromatic carbocycles. The molecule has 8 nitrogen and oxygen atoms in total. The Morgan fingerprint density at radius 2 is 1.82 bits per heavy atom. The van der Waals surface area contributed by atoms with Gasteiger partial charge in [0, 0.05) is 37.3 Å². The molecule has 1 aliphatic rings. The topological polar surface area (TPSA) is 117 Å². The third-order valence-corrected chi connectivity index (χ3v) is 7.02. The minimum absolute atomic E-state index is 0. The number of halogens is 5. The van der Waals surface area contributed by atoms with Crippen molar-refractivity contribution in [2.75, 3.05) is 23.3 Å². The van der Waals surface area contributed by atoms with Crippen LogP contribution in [0.3, 0.4) is 0 Å². The van der Waals surface area contributed by atoms with Crippen LogP contribution in [0.1, 0.15) is 36.5 Å². The Balaban J connectivity index is 0.00000187. The highest BCUT2D eigenvalue weighted by atomic mass is 35.5. The van der Waals surface area contributed by atoms with Gasteiger partial charge in [-0.2, -0.15) is 0 Å². The maximum atomic E-state index is 12.8. The van der Waals surface area contributed by atoms with Crippen LogP contribution < -0.4 is 16.0 Å². The van der Waals surface area contributed by atoms with Crippen LogP contribution in [0.15, 0.2) is 48.8 Å². The number of ketones is 1. The number of nitrogens with one attached hydrogen (secondary N) is 1. The zero-order chi connectivity index (χ0) is 26.1. The first-order valence-corrected chi connectivity index (χ1v) is 12.8. The molecular formula is C27H29Cl5N6O2.